The second kappa shape index (κ2) is 4.91. The number of anilines is 1. The van der Waals surface area contributed by atoms with Gasteiger partial charge in [0.2, 0.25) is 5.78 Å². The van der Waals surface area contributed by atoms with Crippen molar-refractivity contribution < 1.29 is 4.79 Å². The average Bonchev–Trinajstić information content (AvgIpc) is 2.88. The van der Waals surface area contributed by atoms with Gasteiger partial charge in [0.15, 0.2) is 5.65 Å². The molecule has 3 rings (SSSR count). The molecular formula is C16H17N5O. The fourth-order valence-electron chi connectivity index (χ4n) is 2.33. The number of carbonyl (C=O) groups excluding carboxylic acids is 1. The summed E-state index contributed by atoms with van der Waals surface area (Å²) in [7, 11) is 0. The quantitative estimate of drug-likeness (QED) is 0.733. The summed E-state index contributed by atoms with van der Waals surface area (Å²) in [6.45, 7) is 5.98. The van der Waals surface area contributed by atoms with Crippen molar-refractivity contribution in [3.05, 3.63) is 47.9 Å². The number of benzene rings is 1. The van der Waals surface area contributed by atoms with E-state index in [0.29, 0.717) is 16.6 Å². The largest absolute Gasteiger partial charge is 0.383 e. The molecule has 112 valence electrons. The van der Waals surface area contributed by atoms with Crippen LogP contribution in [0.3, 0.4) is 0 Å². The highest BCUT2D eigenvalue weighted by atomic mass is 16.1. The van der Waals surface area contributed by atoms with Gasteiger partial charge in [-0.3, -0.25) is 4.79 Å². The molecule has 0 unspecified atom stereocenters. The maximum atomic E-state index is 12.8. The van der Waals surface area contributed by atoms with E-state index in [4.69, 9.17) is 5.73 Å². The smallest absolute Gasteiger partial charge is 0.214 e. The van der Waals surface area contributed by atoms with E-state index in [9.17, 15) is 4.79 Å². The van der Waals surface area contributed by atoms with Crippen LogP contribution in [0.15, 0.2) is 36.7 Å². The lowest BCUT2D eigenvalue weighted by molar-refractivity contribution is 0.103. The second-order valence-corrected chi connectivity index (χ2v) is 6.08. The lowest BCUT2D eigenvalue weighted by Crippen LogP contribution is -2.24. The Bertz CT molecular complexity index is 846. The van der Waals surface area contributed by atoms with Crippen molar-refractivity contribution >= 4 is 22.6 Å². The molecule has 0 spiro atoms. The molecule has 0 radical (unpaired) electrons. The third-order valence-corrected chi connectivity index (χ3v) is 3.38. The van der Waals surface area contributed by atoms with Crippen LogP contribution in [0.4, 0.5) is 5.82 Å². The SMILES string of the molecule is CC(C)(C)n1nc(C(=O)c2ccccc2)c2c(N)ncnc21. The van der Waals surface area contributed by atoms with E-state index in [-0.39, 0.29) is 22.8 Å². The number of carbonyl (C=O) groups is 1. The van der Waals surface area contributed by atoms with E-state index < -0.39 is 0 Å². The van der Waals surface area contributed by atoms with E-state index in [2.05, 4.69) is 15.1 Å². The van der Waals surface area contributed by atoms with Crippen LogP contribution in [-0.4, -0.2) is 25.5 Å². The van der Waals surface area contributed by atoms with E-state index in [1.165, 1.54) is 6.33 Å². The van der Waals surface area contributed by atoms with E-state index >= 15 is 0 Å². The van der Waals surface area contributed by atoms with E-state index in [1.54, 1.807) is 16.8 Å². The lowest BCUT2D eigenvalue weighted by Gasteiger charge is -2.19. The van der Waals surface area contributed by atoms with Crippen LogP contribution in [0.5, 0.6) is 0 Å². The van der Waals surface area contributed by atoms with Gasteiger partial charge in [-0.05, 0) is 20.8 Å². The number of aromatic nitrogens is 4. The van der Waals surface area contributed by atoms with Crippen molar-refractivity contribution in [1.82, 2.24) is 19.7 Å². The van der Waals surface area contributed by atoms with Crippen molar-refractivity contribution in [2.75, 3.05) is 5.73 Å². The van der Waals surface area contributed by atoms with Crippen molar-refractivity contribution in [3.63, 3.8) is 0 Å². The highest BCUT2D eigenvalue weighted by Gasteiger charge is 2.26. The van der Waals surface area contributed by atoms with E-state index in [0.717, 1.165) is 0 Å². The number of nitrogens with two attached hydrogens (primary N) is 1. The summed E-state index contributed by atoms with van der Waals surface area (Å²) in [5.74, 6) is 0.0786. The molecule has 0 fully saturated rings. The number of ketones is 1. The number of nitrogen functional groups attached to an aromatic ring is 1. The average molecular weight is 295 g/mol. The van der Waals surface area contributed by atoms with Gasteiger partial charge in [0.1, 0.15) is 17.8 Å². The first-order valence-electron chi connectivity index (χ1n) is 6.99. The molecule has 2 heterocycles. The Labute approximate surface area is 128 Å². The van der Waals surface area contributed by atoms with Gasteiger partial charge >= 0.3 is 0 Å². The molecule has 2 N–H and O–H groups in total. The van der Waals surface area contributed by atoms with Crippen LogP contribution in [-0.2, 0) is 5.54 Å². The maximum Gasteiger partial charge on any atom is 0.214 e. The van der Waals surface area contributed by atoms with Gasteiger partial charge in [0.25, 0.3) is 0 Å². The fraction of sp³-hybridized carbons (Fsp3) is 0.250. The maximum absolute atomic E-state index is 12.8. The number of rotatable bonds is 2. The zero-order valence-corrected chi connectivity index (χ0v) is 12.7. The Kier molecular flexibility index (Phi) is 3.16. The van der Waals surface area contributed by atoms with Gasteiger partial charge in [0, 0.05) is 5.56 Å². The molecule has 0 aliphatic heterocycles. The minimum absolute atomic E-state index is 0.185. The Balaban J connectivity index is 2.29. The van der Waals surface area contributed by atoms with Crippen molar-refractivity contribution in [3.8, 4) is 0 Å². The minimum Gasteiger partial charge on any atom is -0.383 e. The Morgan fingerprint density at radius 1 is 1.14 bits per heavy atom. The first-order chi connectivity index (χ1) is 10.4. The molecule has 0 bridgehead atoms. The van der Waals surface area contributed by atoms with Crippen molar-refractivity contribution in [2.45, 2.75) is 26.3 Å². The molecule has 6 heteroatoms. The molecule has 3 aromatic rings. The highest BCUT2D eigenvalue weighted by Crippen LogP contribution is 2.27. The second-order valence-electron chi connectivity index (χ2n) is 6.08. The van der Waals surface area contributed by atoms with Crippen LogP contribution in [0.1, 0.15) is 36.8 Å². The van der Waals surface area contributed by atoms with Crippen LogP contribution in [0.25, 0.3) is 11.0 Å². The van der Waals surface area contributed by atoms with Crippen LogP contribution >= 0.6 is 0 Å². The molecule has 0 amide bonds. The summed E-state index contributed by atoms with van der Waals surface area (Å²) >= 11 is 0. The summed E-state index contributed by atoms with van der Waals surface area (Å²) < 4.78 is 1.72. The summed E-state index contributed by atoms with van der Waals surface area (Å²) in [5.41, 5.74) is 7.06. The monoisotopic (exact) mass is 295 g/mol. The molecule has 0 saturated carbocycles. The van der Waals surface area contributed by atoms with Gasteiger partial charge in [-0.2, -0.15) is 5.10 Å². The first kappa shape index (κ1) is 14.2. The predicted molar refractivity (Wildman–Crippen MR) is 84.6 cm³/mol. The zero-order valence-electron chi connectivity index (χ0n) is 12.7. The Morgan fingerprint density at radius 2 is 1.82 bits per heavy atom. The fourth-order valence-corrected chi connectivity index (χ4v) is 2.33. The number of fused-ring (bicyclic) bond motifs is 1. The van der Waals surface area contributed by atoms with Gasteiger partial charge in [-0.1, -0.05) is 30.3 Å². The van der Waals surface area contributed by atoms with Gasteiger partial charge in [-0.25, -0.2) is 14.6 Å². The third-order valence-electron chi connectivity index (χ3n) is 3.38. The molecule has 6 nitrogen and oxygen atoms in total. The number of hydrogen-bond donors (Lipinski definition) is 1. The summed E-state index contributed by atoms with van der Waals surface area (Å²) in [6.07, 6.45) is 1.39. The molecule has 0 saturated heterocycles. The predicted octanol–water partition coefficient (Wildman–Crippen LogP) is 2.39. The molecule has 22 heavy (non-hydrogen) atoms. The molecule has 2 aromatic heterocycles. The van der Waals surface area contributed by atoms with Gasteiger partial charge in [0.05, 0.1) is 10.9 Å². The Hall–Kier alpha value is -2.76. The van der Waals surface area contributed by atoms with Gasteiger partial charge in [-0.15, -0.1) is 0 Å². The van der Waals surface area contributed by atoms with Crippen LogP contribution in [0, 0.1) is 0 Å². The van der Waals surface area contributed by atoms with Crippen molar-refractivity contribution in [2.24, 2.45) is 0 Å². The summed E-state index contributed by atoms with van der Waals surface area (Å²) in [6, 6.07) is 9.00. The third kappa shape index (κ3) is 2.22. The number of nitrogens with zero attached hydrogens (tertiary/aromatic N) is 4. The molecule has 0 aliphatic carbocycles. The van der Waals surface area contributed by atoms with E-state index in [1.807, 2.05) is 39.0 Å². The molecule has 1 aromatic carbocycles. The topological polar surface area (TPSA) is 86.7 Å². The normalized spacial score (nSPS) is 11.8. The highest BCUT2D eigenvalue weighted by molar-refractivity contribution is 6.16. The molecule has 0 aliphatic rings. The first-order valence-corrected chi connectivity index (χ1v) is 6.99. The van der Waals surface area contributed by atoms with Crippen LogP contribution < -0.4 is 5.73 Å². The standard InChI is InChI=1S/C16H17N5O/c1-16(2,3)21-15-11(14(17)18-9-19-15)12(20-21)13(22)10-7-5-4-6-8-10/h4-9H,1-3H3,(H2,17,18,19). The number of hydrogen-bond acceptors (Lipinski definition) is 5. The van der Waals surface area contributed by atoms with Crippen molar-refractivity contribution in [1.29, 1.82) is 0 Å². The van der Waals surface area contributed by atoms with Crippen LogP contribution in [0.2, 0.25) is 0 Å². The van der Waals surface area contributed by atoms with Gasteiger partial charge < -0.3 is 5.73 Å². The molecule has 0 atom stereocenters. The summed E-state index contributed by atoms with van der Waals surface area (Å²) in [5, 5.41) is 4.99. The minimum atomic E-state index is -0.325. The lowest BCUT2D eigenvalue weighted by atomic mass is 10.1. The Morgan fingerprint density at radius 3 is 2.45 bits per heavy atom. The molecular weight excluding hydrogens is 278 g/mol. The zero-order chi connectivity index (χ0) is 15.9. The summed E-state index contributed by atoms with van der Waals surface area (Å²) in [4.78, 5) is 21.0.